The molecule has 0 bridgehead atoms. The minimum absolute atomic E-state index is 0.164. The van der Waals surface area contributed by atoms with Gasteiger partial charge in [0.2, 0.25) is 0 Å². The molecule has 3 aromatic rings. The molecule has 0 saturated carbocycles. The molecule has 0 unspecified atom stereocenters. The number of fused-ring (bicyclic) bond motifs is 1. The fraction of sp³-hybridized carbons (Fsp3) is 0.304. The average Bonchev–Trinajstić information content (AvgIpc) is 3.10. The van der Waals surface area contributed by atoms with Crippen molar-refractivity contribution < 1.29 is 35.1 Å². The fourth-order valence-corrected chi connectivity index (χ4v) is 4.58. The van der Waals surface area contributed by atoms with Gasteiger partial charge in [-0.05, 0) is 74.1 Å². The molecular weight excluding hydrogens is 473 g/mol. The highest BCUT2D eigenvalue weighted by molar-refractivity contribution is 7.88. The van der Waals surface area contributed by atoms with Crippen molar-refractivity contribution in [1.29, 1.82) is 0 Å². The Morgan fingerprint density at radius 2 is 1.85 bits per heavy atom. The van der Waals surface area contributed by atoms with Crippen molar-refractivity contribution in [3.05, 3.63) is 70.6 Å². The maximum atomic E-state index is 12.7. The fourth-order valence-electron chi connectivity index (χ4n) is 4.12. The van der Waals surface area contributed by atoms with Gasteiger partial charge in [-0.15, -0.1) is 0 Å². The lowest BCUT2D eigenvalue weighted by Gasteiger charge is -2.27. The second kappa shape index (κ2) is 8.79. The third-order valence-corrected chi connectivity index (χ3v) is 6.71. The molecule has 7 nitrogen and oxygen atoms in total. The molecular formula is C23H21F3N2O5S. The van der Waals surface area contributed by atoms with Crippen molar-refractivity contribution in [3.8, 4) is 16.9 Å². The van der Waals surface area contributed by atoms with E-state index in [0.29, 0.717) is 12.2 Å². The molecule has 1 aliphatic carbocycles. The normalized spacial score (nSPS) is 16.1. The zero-order valence-corrected chi connectivity index (χ0v) is 19.1. The lowest BCUT2D eigenvalue weighted by molar-refractivity contribution is -0.0500. The highest BCUT2D eigenvalue weighted by Gasteiger charge is 2.48. The summed E-state index contributed by atoms with van der Waals surface area (Å²) in [6, 6.07) is 10.3. The molecule has 4 rings (SSSR count). The Kier molecular flexibility index (Phi) is 6.15. The minimum atomic E-state index is -5.78. The number of amides is 1. The van der Waals surface area contributed by atoms with E-state index in [-0.39, 0.29) is 11.6 Å². The van der Waals surface area contributed by atoms with Crippen LogP contribution in [0.2, 0.25) is 0 Å². The van der Waals surface area contributed by atoms with E-state index in [1.54, 1.807) is 0 Å². The van der Waals surface area contributed by atoms with Gasteiger partial charge in [0.25, 0.3) is 5.91 Å². The van der Waals surface area contributed by atoms with Crippen LogP contribution in [-0.2, 0) is 23.0 Å². The second-order valence-corrected chi connectivity index (χ2v) is 9.60. The molecule has 0 fully saturated rings. The largest absolute Gasteiger partial charge is 0.534 e. The summed E-state index contributed by atoms with van der Waals surface area (Å²) in [7, 11) is -5.78. The maximum Gasteiger partial charge on any atom is 0.534 e. The quantitative estimate of drug-likeness (QED) is 0.415. The highest BCUT2D eigenvalue weighted by atomic mass is 32.2. The monoisotopic (exact) mass is 494 g/mol. The van der Waals surface area contributed by atoms with Gasteiger partial charge >= 0.3 is 15.6 Å². The van der Waals surface area contributed by atoms with Crippen molar-refractivity contribution in [3.63, 3.8) is 0 Å². The number of aryl methyl sites for hydroxylation is 3. The van der Waals surface area contributed by atoms with Crippen LogP contribution in [0.1, 0.15) is 39.4 Å². The molecule has 0 aliphatic heterocycles. The molecule has 0 radical (unpaired) electrons. The molecule has 1 amide bonds. The predicted molar refractivity (Wildman–Crippen MR) is 117 cm³/mol. The first kappa shape index (κ1) is 23.8. The Morgan fingerprint density at radius 1 is 1.15 bits per heavy atom. The van der Waals surface area contributed by atoms with Crippen LogP contribution in [0.25, 0.3) is 11.1 Å². The van der Waals surface area contributed by atoms with Gasteiger partial charge in [-0.25, -0.2) is 0 Å². The van der Waals surface area contributed by atoms with Crippen LogP contribution in [0.4, 0.5) is 13.2 Å². The van der Waals surface area contributed by atoms with Crippen molar-refractivity contribution >= 4 is 16.0 Å². The summed E-state index contributed by atoms with van der Waals surface area (Å²) in [6.07, 6.45) is 2.07. The van der Waals surface area contributed by atoms with E-state index in [1.807, 2.05) is 26.0 Å². The van der Waals surface area contributed by atoms with Crippen molar-refractivity contribution in [1.82, 2.24) is 10.5 Å². The van der Waals surface area contributed by atoms with Gasteiger partial charge in [0.15, 0.2) is 0 Å². The predicted octanol–water partition coefficient (Wildman–Crippen LogP) is 4.47. The van der Waals surface area contributed by atoms with E-state index in [9.17, 15) is 26.4 Å². The van der Waals surface area contributed by atoms with E-state index in [1.165, 1.54) is 17.7 Å². The lowest BCUT2D eigenvalue weighted by Crippen LogP contribution is -2.39. The molecule has 180 valence electrons. The van der Waals surface area contributed by atoms with Crippen molar-refractivity contribution in [2.24, 2.45) is 0 Å². The van der Waals surface area contributed by atoms with Gasteiger partial charge in [-0.1, -0.05) is 23.4 Å². The van der Waals surface area contributed by atoms with Crippen LogP contribution in [0.15, 0.2) is 47.0 Å². The molecule has 34 heavy (non-hydrogen) atoms. The Morgan fingerprint density at radius 3 is 2.47 bits per heavy atom. The standard InChI is InChI=1S/C23H21F3N2O5S/c1-13-21(14(2)32-28-13)19-5-3-4-15-6-9-17(12-20(15)19)27-22(29)16-7-10-18(11-8-16)33-34(30,31)23(24,25)26/h3-5,7-8,10-11,17H,6,9,12H2,1-2H3,(H,27,29)/t17-/m1/s1. The summed E-state index contributed by atoms with van der Waals surface area (Å²) in [4.78, 5) is 12.7. The number of benzene rings is 2. The Bertz CT molecular complexity index is 1310. The number of hydrogen-bond donors (Lipinski definition) is 1. The van der Waals surface area contributed by atoms with Gasteiger partial charge in [0.1, 0.15) is 11.5 Å². The number of nitrogens with zero attached hydrogens (tertiary/aromatic N) is 1. The van der Waals surface area contributed by atoms with Crippen LogP contribution < -0.4 is 9.50 Å². The van der Waals surface area contributed by atoms with Crippen LogP contribution in [0, 0.1) is 13.8 Å². The summed E-state index contributed by atoms with van der Waals surface area (Å²) in [5, 5.41) is 6.99. The van der Waals surface area contributed by atoms with E-state index < -0.39 is 27.3 Å². The number of rotatable bonds is 5. The zero-order chi connectivity index (χ0) is 24.7. The van der Waals surface area contributed by atoms with E-state index >= 15 is 0 Å². The molecule has 1 N–H and O–H groups in total. The van der Waals surface area contributed by atoms with Crippen LogP contribution in [0.3, 0.4) is 0 Å². The Labute approximate surface area is 194 Å². The topological polar surface area (TPSA) is 98.5 Å². The summed E-state index contributed by atoms with van der Waals surface area (Å²) >= 11 is 0. The number of carbonyl (C=O) groups is 1. The summed E-state index contributed by atoms with van der Waals surface area (Å²) < 4.78 is 69.0. The number of halogens is 3. The Hall–Kier alpha value is -3.34. The van der Waals surface area contributed by atoms with E-state index in [0.717, 1.165) is 47.4 Å². The van der Waals surface area contributed by atoms with Crippen LogP contribution >= 0.6 is 0 Å². The van der Waals surface area contributed by atoms with Gasteiger partial charge in [0, 0.05) is 17.2 Å². The third-order valence-electron chi connectivity index (χ3n) is 5.73. The highest BCUT2D eigenvalue weighted by Crippen LogP contribution is 2.35. The number of nitrogens with one attached hydrogen (secondary N) is 1. The average molecular weight is 494 g/mol. The first-order chi connectivity index (χ1) is 16.0. The Balaban J connectivity index is 1.48. The first-order valence-electron chi connectivity index (χ1n) is 10.4. The van der Waals surface area contributed by atoms with Gasteiger partial charge < -0.3 is 14.0 Å². The smallest absolute Gasteiger partial charge is 0.376 e. The van der Waals surface area contributed by atoms with Gasteiger partial charge in [-0.3, -0.25) is 4.79 Å². The second-order valence-electron chi connectivity index (χ2n) is 8.06. The first-order valence-corrected chi connectivity index (χ1v) is 11.8. The van der Waals surface area contributed by atoms with E-state index in [2.05, 4.69) is 20.7 Å². The zero-order valence-electron chi connectivity index (χ0n) is 18.3. The number of hydrogen-bond acceptors (Lipinski definition) is 6. The SMILES string of the molecule is Cc1noc(C)c1-c1cccc2c1C[C@H](NC(=O)c1ccc(OS(=O)(=O)C(F)(F)F)cc1)CC2. The summed E-state index contributed by atoms with van der Waals surface area (Å²) in [6.45, 7) is 3.73. The van der Waals surface area contributed by atoms with Crippen LogP contribution in [-0.4, -0.2) is 31.0 Å². The van der Waals surface area contributed by atoms with Gasteiger partial charge in [0.05, 0.1) is 5.69 Å². The van der Waals surface area contributed by atoms with Crippen LogP contribution in [0.5, 0.6) is 5.75 Å². The maximum absolute atomic E-state index is 12.7. The van der Waals surface area contributed by atoms with Crippen molar-refractivity contribution in [2.75, 3.05) is 0 Å². The molecule has 1 aliphatic rings. The van der Waals surface area contributed by atoms with Crippen molar-refractivity contribution in [2.45, 2.75) is 44.7 Å². The number of carbonyl (C=O) groups excluding carboxylic acids is 1. The number of aromatic nitrogens is 1. The number of alkyl halides is 3. The summed E-state index contributed by atoms with van der Waals surface area (Å²) in [5.41, 5.74) is -0.338. The molecule has 1 aromatic heterocycles. The molecule has 1 heterocycles. The van der Waals surface area contributed by atoms with Gasteiger partial charge in [-0.2, -0.15) is 21.6 Å². The molecule has 0 spiro atoms. The van der Waals surface area contributed by atoms with E-state index in [4.69, 9.17) is 4.52 Å². The summed E-state index contributed by atoms with van der Waals surface area (Å²) in [5.74, 6) is -0.245. The lowest BCUT2D eigenvalue weighted by atomic mass is 9.83. The third kappa shape index (κ3) is 4.65. The molecule has 0 saturated heterocycles. The minimum Gasteiger partial charge on any atom is -0.376 e. The molecule has 11 heteroatoms. The molecule has 1 atom stereocenters. The molecule has 2 aromatic carbocycles.